The van der Waals surface area contributed by atoms with Crippen LogP contribution >= 0.6 is 0 Å². The first-order chi connectivity index (χ1) is 7.31. The van der Waals surface area contributed by atoms with Crippen LogP contribution in [0, 0.1) is 5.41 Å². The van der Waals surface area contributed by atoms with E-state index < -0.39 is 0 Å². The second-order valence-electron chi connectivity index (χ2n) is 5.46. The van der Waals surface area contributed by atoms with Gasteiger partial charge < -0.3 is 9.42 Å². The molecule has 0 aliphatic heterocycles. The third-order valence-corrected chi connectivity index (χ3v) is 2.18. The fourth-order valence-electron chi connectivity index (χ4n) is 1.47. The van der Waals surface area contributed by atoms with Crippen LogP contribution in [-0.4, -0.2) is 28.6 Å². The van der Waals surface area contributed by atoms with Crippen molar-refractivity contribution in [3.63, 3.8) is 0 Å². The van der Waals surface area contributed by atoms with Crippen molar-refractivity contribution in [2.45, 2.75) is 40.7 Å². The molecule has 90 valence electrons. The first kappa shape index (κ1) is 12.7. The van der Waals surface area contributed by atoms with Crippen molar-refractivity contribution in [2.75, 3.05) is 6.54 Å². The molecule has 0 bridgehead atoms. The molecule has 1 aromatic rings. The van der Waals surface area contributed by atoms with Gasteiger partial charge in [-0.3, -0.25) is 4.79 Å². The number of amides is 1. The second-order valence-corrected chi connectivity index (χ2v) is 5.46. The number of rotatable bonds is 3. The molecule has 1 amide bonds. The Morgan fingerprint density at radius 3 is 2.50 bits per heavy atom. The van der Waals surface area contributed by atoms with Crippen molar-refractivity contribution in [1.82, 2.24) is 10.1 Å². The summed E-state index contributed by atoms with van der Waals surface area (Å²) < 4.78 is 4.90. The average molecular weight is 224 g/mol. The minimum Gasteiger partial charge on any atom is -0.351 e. The van der Waals surface area contributed by atoms with E-state index in [4.69, 9.17) is 4.52 Å². The van der Waals surface area contributed by atoms with E-state index >= 15 is 0 Å². The van der Waals surface area contributed by atoms with Gasteiger partial charge in [0.2, 0.25) is 5.76 Å². The van der Waals surface area contributed by atoms with Crippen molar-refractivity contribution in [2.24, 2.45) is 5.41 Å². The van der Waals surface area contributed by atoms with Gasteiger partial charge in [0, 0.05) is 18.7 Å². The number of carbonyl (C=O) groups excluding carboxylic acids is 1. The first-order valence-electron chi connectivity index (χ1n) is 5.53. The third kappa shape index (κ3) is 3.36. The molecule has 0 aromatic carbocycles. The highest BCUT2D eigenvalue weighted by Gasteiger charge is 2.26. The Hall–Kier alpha value is -1.32. The molecule has 0 saturated carbocycles. The van der Waals surface area contributed by atoms with E-state index in [9.17, 15) is 4.79 Å². The Balaban J connectivity index is 2.83. The van der Waals surface area contributed by atoms with Crippen LogP contribution in [-0.2, 0) is 0 Å². The van der Waals surface area contributed by atoms with Gasteiger partial charge in [-0.2, -0.15) is 0 Å². The van der Waals surface area contributed by atoms with Crippen molar-refractivity contribution >= 4 is 5.91 Å². The van der Waals surface area contributed by atoms with Crippen molar-refractivity contribution in [3.05, 3.63) is 18.0 Å². The largest absolute Gasteiger partial charge is 0.351 e. The van der Waals surface area contributed by atoms with Gasteiger partial charge in [-0.25, -0.2) is 0 Å². The van der Waals surface area contributed by atoms with Crippen LogP contribution in [0.25, 0.3) is 0 Å². The highest BCUT2D eigenvalue weighted by atomic mass is 16.5. The van der Waals surface area contributed by atoms with Crippen LogP contribution in [0.4, 0.5) is 0 Å². The minimum atomic E-state index is -0.0950. The van der Waals surface area contributed by atoms with Crippen LogP contribution in [0.5, 0.6) is 0 Å². The molecule has 1 rings (SSSR count). The molecular weight excluding hydrogens is 204 g/mol. The molecule has 0 atom stereocenters. The maximum absolute atomic E-state index is 12.1. The van der Waals surface area contributed by atoms with Crippen molar-refractivity contribution in [1.29, 1.82) is 0 Å². The van der Waals surface area contributed by atoms with Gasteiger partial charge in [0.05, 0.1) is 6.20 Å². The quantitative estimate of drug-likeness (QED) is 0.792. The summed E-state index contributed by atoms with van der Waals surface area (Å²) in [5.41, 5.74) is 0.0694. The van der Waals surface area contributed by atoms with Crippen molar-refractivity contribution in [3.8, 4) is 0 Å². The molecule has 4 heteroatoms. The topological polar surface area (TPSA) is 46.3 Å². The molecule has 0 saturated heterocycles. The Bertz CT molecular complexity index is 336. The molecule has 0 aliphatic carbocycles. The van der Waals surface area contributed by atoms with E-state index in [2.05, 4.69) is 25.9 Å². The zero-order valence-corrected chi connectivity index (χ0v) is 10.7. The molecule has 0 radical (unpaired) electrons. The normalized spacial score (nSPS) is 11.9. The zero-order chi connectivity index (χ0) is 12.3. The van der Waals surface area contributed by atoms with Gasteiger partial charge in [-0.1, -0.05) is 25.9 Å². The van der Waals surface area contributed by atoms with Gasteiger partial charge >= 0.3 is 0 Å². The monoisotopic (exact) mass is 224 g/mol. The lowest BCUT2D eigenvalue weighted by molar-refractivity contribution is 0.0590. The standard InChI is InChI=1S/C12H20N2O2/c1-9(2)14(8-12(3,4)5)11(15)10-6-7-13-16-10/h6-7,9H,8H2,1-5H3. The van der Waals surface area contributed by atoms with E-state index in [1.54, 1.807) is 11.0 Å². The van der Waals surface area contributed by atoms with Crippen LogP contribution in [0.1, 0.15) is 45.2 Å². The Labute approximate surface area is 96.6 Å². The molecule has 1 heterocycles. The SMILES string of the molecule is CC(C)N(CC(C)(C)C)C(=O)c1ccno1. The summed E-state index contributed by atoms with van der Waals surface area (Å²) in [5, 5.41) is 3.56. The predicted octanol–water partition coefficient (Wildman–Crippen LogP) is 2.57. The minimum absolute atomic E-state index is 0.0694. The van der Waals surface area contributed by atoms with Crippen LogP contribution in [0.3, 0.4) is 0 Å². The molecule has 0 fully saturated rings. The summed E-state index contributed by atoms with van der Waals surface area (Å²) in [4.78, 5) is 13.9. The lowest BCUT2D eigenvalue weighted by Crippen LogP contribution is -2.42. The summed E-state index contributed by atoms with van der Waals surface area (Å²) >= 11 is 0. The van der Waals surface area contributed by atoms with Gasteiger partial charge in [0.25, 0.3) is 5.91 Å². The molecule has 0 aliphatic rings. The molecular formula is C12H20N2O2. The van der Waals surface area contributed by atoms with Gasteiger partial charge in [-0.05, 0) is 19.3 Å². The summed E-state index contributed by atoms with van der Waals surface area (Å²) in [5.74, 6) is 0.209. The molecule has 0 spiro atoms. The number of aromatic nitrogens is 1. The van der Waals surface area contributed by atoms with Crippen molar-refractivity contribution < 1.29 is 9.32 Å². The maximum atomic E-state index is 12.1. The molecule has 0 unspecified atom stereocenters. The van der Waals surface area contributed by atoms with Crippen LogP contribution < -0.4 is 0 Å². The van der Waals surface area contributed by atoms with Gasteiger partial charge in [-0.15, -0.1) is 0 Å². The third-order valence-electron chi connectivity index (χ3n) is 2.18. The lowest BCUT2D eigenvalue weighted by Gasteiger charge is -2.32. The number of nitrogens with zero attached hydrogens (tertiary/aromatic N) is 2. The Morgan fingerprint density at radius 2 is 2.12 bits per heavy atom. The van der Waals surface area contributed by atoms with Crippen LogP contribution in [0.2, 0.25) is 0 Å². The van der Waals surface area contributed by atoms with E-state index in [-0.39, 0.29) is 17.4 Å². The number of hydrogen-bond acceptors (Lipinski definition) is 3. The molecule has 1 aromatic heterocycles. The second kappa shape index (κ2) is 4.68. The fourth-order valence-corrected chi connectivity index (χ4v) is 1.47. The van der Waals surface area contributed by atoms with E-state index in [0.29, 0.717) is 12.3 Å². The van der Waals surface area contributed by atoms with E-state index in [0.717, 1.165) is 0 Å². The Morgan fingerprint density at radius 1 is 1.50 bits per heavy atom. The Kier molecular flexibility index (Phi) is 3.73. The number of carbonyl (C=O) groups is 1. The first-order valence-corrected chi connectivity index (χ1v) is 5.53. The molecule has 0 N–H and O–H groups in total. The highest BCUT2D eigenvalue weighted by Crippen LogP contribution is 2.19. The summed E-state index contributed by atoms with van der Waals surface area (Å²) in [7, 11) is 0. The smallest absolute Gasteiger partial charge is 0.292 e. The number of hydrogen-bond donors (Lipinski definition) is 0. The summed E-state index contributed by atoms with van der Waals surface area (Å²) in [6, 6.07) is 1.75. The van der Waals surface area contributed by atoms with Gasteiger partial charge in [0.1, 0.15) is 0 Å². The molecule has 4 nitrogen and oxygen atoms in total. The van der Waals surface area contributed by atoms with E-state index in [1.165, 1.54) is 6.20 Å². The molecule has 16 heavy (non-hydrogen) atoms. The average Bonchev–Trinajstić information content (AvgIpc) is 2.63. The van der Waals surface area contributed by atoms with Gasteiger partial charge in [0.15, 0.2) is 0 Å². The maximum Gasteiger partial charge on any atom is 0.292 e. The highest BCUT2D eigenvalue weighted by molar-refractivity contribution is 5.91. The summed E-state index contributed by atoms with van der Waals surface area (Å²) in [6.07, 6.45) is 1.49. The van der Waals surface area contributed by atoms with E-state index in [1.807, 2.05) is 13.8 Å². The zero-order valence-electron chi connectivity index (χ0n) is 10.7. The predicted molar refractivity (Wildman–Crippen MR) is 62.1 cm³/mol. The van der Waals surface area contributed by atoms with Crippen LogP contribution in [0.15, 0.2) is 16.8 Å². The lowest BCUT2D eigenvalue weighted by atomic mass is 9.95. The fraction of sp³-hybridized carbons (Fsp3) is 0.667. The summed E-state index contributed by atoms with van der Waals surface area (Å²) in [6.45, 7) is 11.0.